The van der Waals surface area contributed by atoms with Crippen LogP contribution < -0.4 is 28.7 Å². The Morgan fingerprint density at radius 3 is 2.28 bits per heavy atom. The van der Waals surface area contributed by atoms with Crippen molar-refractivity contribution in [2.75, 3.05) is 38.8 Å². The van der Waals surface area contributed by atoms with Crippen molar-refractivity contribution in [2.24, 2.45) is 5.10 Å². The average molecular weight is 574 g/mol. The number of carbonyl (C=O) groups excluding carboxylic acids is 1. The first-order valence-electron chi connectivity index (χ1n) is 11.5. The van der Waals surface area contributed by atoms with Crippen molar-refractivity contribution in [3.05, 3.63) is 83.9 Å². The monoisotopic (exact) mass is 573 g/mol. The number of sulfonamides is 1. The number of hydrogen-bond acceptors (Lipinski definition) is 8. The summed E-state index contributed by atoms with van der Waals surface area (Å²) in [6.45, 7) is 3.35. The molecule has 0 aliphatic rings. The van der Waals surface area contributed by atoms with Crippen molar-refractivity contribution < 1.29 is 32.2 Å². The number of hydrogen-bond donors (Lipinski definition) is 1. The second kappa shape index (κ2) is 13.5. The summed E-state index contributed by atoms with van der Waals surface area (Å²) in [6.07, 6.45) is 3.06. The van der Waals surface area contributed by atoms with Crippen LogP contribution in [0.1, 0.15) is 5.56 Å². The number of halogens is 1. The number of nitrogens with one attached hydrogen (secondary N) is 1. The third kappa shape index (κ3) is 7.43. The van der Waals surface area contributed by atoms with E-state index in [1.165, 1.54) is 57.9 Å². The molecule has 206 valence electrons. The van der Waals surface area contributed by atoms with Crippen LogP contribution in [-0.2, 0) is 14.8 Å². The Morgan fingerprint density at radius 2 is 1.64 bits per heavy atom. The summed E-state index contributed by atoms with van der Waals surface area (Å²) in [6, 6.07) is 15.5. The Kier molecular flexibility index (Phi) is 10.2. The van der Waals surface area contributed by atoms with Crippen LogP contribution >= 0.6 is 11.6 Å². The van der Waals surface area contributed by atoms with Crippen molar-refractivity contribution in [3.63, 3.8) is 0 Å². The lowest BCUT2D eigenvalue weighted by Crippen LogP contribution is -2.39. The molecule has 0 aliphatic heterocycles. The Hall–Kier alpha value is -4.22. The third-order valence-electron chi connectivity index (χ3n) is 5.29. The minimum Gasteiger partial charge on any atom is -0.495 e. The molecular formula is C27H28ClN3O7S. The normalized spacial score (nSPS) is 11.1. The maximum atomic E-state index is 13.8. The highest BCUT2D eigenvalue weighted by Gasteiger charge is 2.30. The van der Waals surface area contributed by atoms with Gasteiger partial charge >= 0.3 is 0 Å². The predicted molar refractivity (Wildman–Crippen MR) is 150 cm³/mol. The van der Waals surface area contributed by atoms with Gasteiger partial charge in [-0.05, 0) is 60.2 Å². The van der Waals surface area contributed by atoms with Crippen LogP contribution in [0.15, 0.2) is 83.3 Å². The first kappa shape index (κ1) is 29.3. The largest absolute Gasteiger partial charge is 0.495 e. The Bertz CT molecular complexity index is 1440. The number of benzene rings is 3. The Balaban J connectivity index is 1.89. The molecule has 0 fully saturated rings. The standard InChI is InChI=1S/C27H28ClN3O7S/c1-5-14-38-21-9-6-19(7-10-21)17-29-30-27(32)18-31(23-15-20(28)8-12-24(23)35-2)39(33,34)22-11-13-25(36-3)26(16-22)37-4/h5-13,15-17H,1,14,18H2,2-4H3,(H,30,32)/b29-17-. The van der Waals surface area contributed by atoms with Crippen molar-refractivity contribution >= 4 is 39.4 Å². The van der Waals surface area contributed by atoms with Crippen LogP contribution in [0, 0.1) is 0 Å². The molecule has 1 amide bonds. The van der Waals surface area contributed by atoms with Gasteiger partial charge in [0.1, 0.15) is 24.7 Å². The predicted octanol–water partition coefficient (Wildman–Crippen LogP) is 4.28. The van der Waals surface area contributed by atoms with E-state index in [1.54, 1.807) is 36.4 Å². The second-order valence-corrected chi connectivity index (χ2v) is 10.1. The van der Waals surface area contributed by atoms with Crippen LogP contribution in [0.2, 0.25) is 5.02 Å². The molecule has 0 saturated carbocycles. The van der Waals surface area contributed by atoms with Gasteiger partial charge in [0.2, 0.25) is 0 Å². The zero-order chi connectivity index (χ0) is 28.4. The average Bonchev–Trinajstić information content (AvgIpc) is 2.94. The zero-order valence-corrected chi connectivity index (χ0v) is 23.2. The fraction of sp³-hybridized carbons (Fsp3) is 0.185. The van der Waals surface area contributed by atoms with Gasteiger partial charge in [-0.25, -0.2) is 13.8 Å². The van der Waals surface area contributed by atoms with Crippen LogP contribution in [-0.4, -0.2) is 55.0 Å². The van der Waals surface area contributed by atoms with Crippen LogP contribution in [0.3, 0.4) is 0 Å². The summed E-state index contributed by atoms with van der Waals surface area (Å²) in [7, 11) is -0.116. The molecule has 0 atom stereocenters. The maximum absolute atomic E-state index is 13.8. The summed E-state index contributed by atoms with van der Waals surface area (Å²) in [5, 5.41) is 4.20. The van der Waals surface area contributed by atoms with E-state index in [9.17, 15) is 13.2 Å². The lowest BCUT2D eigenvalue weighted by Gasteiger charge is -2.25. The van der Waals surface area contributed by atoms with E-state index in [1.807, 2.05) is 0 Å². The Labute approximate surface area is 232 Å². The van der Waals surface area contributed by atoms with E-state index in [-0.39, 0.29) is 27.1 Å². The molecule has 0 radical (unpaired) electrons. The SMILES string of the molecule is C=CCOc1ccc(/C=N\NC(=O)CN(c2cc(Cl)ccc2OC)S(=O)(=O)c2ccc(OC)c(OC)c2)cc1. The fourth-order valence-corrected chi connectivity index (χ4v) is 5.02. The molecule has 0 heterocycles. The summed E-state index contributed by atoms with van der Waals surface area (Å²) < 4.78 is 49.8. The topological polar surface area (TPSA) is 116 Å². The molecule has 39 heavy (non-hydrogen) atoms. The lowest BCUT2D eigenvalue weighted by molar-refractivity contribution is -0.119. The number of rotatable bonds is 13. The molecule has 0 unspecified atom stereocenters. The molecule has 1 N–H and O–H groups in total. The first-order valence-corrected chi connectivity index (χ1v) is 13.3. The first-order chi connectivity index (χ1) is 18.7. The van der Waals surface area contributed by atoms with E-state index in [0.29, 0.717) is 23.7 Å². The third-order valence-corrected chi connectivity index (χ3v) is 7.28. The van der Waals surface area contributed by atoms with Crippen LogP contribution in [0.4, 0.5) is 5.69 Å². The van der Waals surface area contributed by atoms with E-state index < -0.39 is 22.5 Å². The lowest BCUT2D eigenvalue weighted by atomic mass is 10.2. The smallest absolute Gasteiger partial charge is 0.265 e. The van der Waals surface area contributed by atoms with Crippen LogP contribution in [0.25, 0.3) is 0 Å². The number of amides is 1. The number of anilines is 1. The molecular weight excluding hydrogens is 546 g/mol. The minimum atomic E-state index is -4.32. The van der Waals surface area contributed by atoms with E-state index in [0.717, 1.165) is 4.31 Å². The number of ether oxygens (including phenoxy) is 4. The maximum Gasteiger partial charge on any atom is 0.265 e. The van der Waals surface area contributed by atoms with Crippen molar-refractivity contribution in [2.45, 2.75) is 4.90 Å². The molecule has 3 aromatic rings. The zero-order valence-electron chi connectivity index (χ0n) is 21.6. The molecule has 10 nitrogen and oxygen atoms in total. The van der Waals surface area contributed by atoms with E-state index in [4.69, 9.17) is 30.5 Å². The van der Waals surface area contributed by atoms with Gasteiger partial charge in [-0.3, -0.25) is 9.10 Å². The summed E-state index contributed by atoms with van der Waals surface area (Å²) in [5.74, 6) is 0.687. The van der Waals surface area contributed by atoms with Gasteiger partial charge in [-0.2, -0.15) is 5.10 Å². The van der Waals surface area contributed by atoms with Gasteiger partial charge in [0.15, 0.2) is 11.5 Å². The van der Waals surface area contributed by atoms with Gasteiger partial charge in [0.05, 0.1) is 38.1 Å². The Morgan fingerprint density at radius 1 is 0.974 bits per heavy atom. The highest BCUT2D eigenvalue weighted by Crippen LogP contribution is 2.36. The number of carbonyl (C=O) groups is 1. The summed E-state index contributed by atoms with van der Waals surface area (Å²) in [4.78, 5) is 12.8. The van der Waals surface area contributed by atoms with Gasteiger partial charge in [-0.15, -0.1) is 0 Å². The van der Waals surface area contributed by atoms with Gasteiger partial charge in [-0.1, -0.05) is 24.3 Å². The highest BCUT2D eigenvalue weighted by molar-refractivity contribution is 7.92. The van der Waals surface area contributed by atoms with Gasteiger partial charge in [0, 0.05) is 11.1 Å². The van der Waals surface area contributed by atoms with Crippen molar-refractivity contribution in [1.82, 2.24) is 5.43 Å². The van der Waals surface area contributed by atoms with Crippen molar-refractivity contribution in [3.8, 4) is 23.0 Å². The molecule has 3 rings (SSSR count). The molecule has 0 aliphatic carbocycles. The molecule has 0 bridgehead atoms. The second-order valence-electron chi connectivity index (χ2n) is 7.81. The quantitative estimate of drug-likeness (QED) is 0.184. The molecule has 12 heteroatoms. The highest BCUT2D eigenvalue weighted by atomic mass is 35.5. The molecule has 0 spiro atoms. The summed E-state index contributed by atoms with van der Waals surface area (Å²) >= 11 is 6.18. The van der Waals surface area contributed by atoms with Gasteiger partial charge in [0.25, 0.3) is 15.9 Å². The summed E-state index contributed by atoms with van der Waals surface area (Å²) in [5.41, 5.74) is 3.11. The van der Waals surface area contributed by atoms with Gasteiger partial charge < -0.3 is 18.9 Å². The molecule has 3 aromatic carbocycles. The van der Waals surface area contributed by atoms with E-state index in [2.05, 4.69) is 17.1 Å². The molecule has 0 aromatic heterocycles. The number of methoxy groups -OCH3 is 3. The van der Waals surface area contributed by atoms with Crippen molar-refractivity contribution in [1.29, 1.82) is 0 Å². The van der Waals surface area contributed by atoms with Crippen LogP contribution in [0.5, 0.6) is 23.0 Å². The fourth-order valence-electron chi connectivity index (χ4n) is 3.41. The number of nitrogens with zero attached hydrogens (tertiary/aromatic N) is 2. The van der Waals surface area contributed by atoms with E-state index >= 15 is 0 Å². The number of hydrazone groups is 1. The molecule has 0 saturated heterocycles. The minimum absolute atomic E-state index is 0.0639.